The molecule has 0 aliphatic rings. The van der Waals surface area contributed by atoms with Crippen molar-refractivity contribution >= 4 is 11.6 Å². The summed E-state index contributed by atoms with van der Waals surface area (Å²) in [6.45, 7) is 0.755. The van der Waals surface area contributed by atoms with Gasteiger partial charge in [0.1, 0.15) is 0 Å². The molecule has 2 rings (SSSR count). The molecule has 18 heavy (non-hydrogen) atoms. The summed E-state index contributed by atoms with van der Waals surface area (Å²) in [6, 6.07) is 17.6. The molecule has 3 heteroatoms. The maximum atomic E-state index is 9.42. The molecule has 0 bridgehead atoms. The summed E-state index contributed by atoms with van der Waals surface area (Å²) < 4.78 is 0. The van der Waals surface area contributed by atoms with Gasteiger partial charge in [-0.2, -0.15) is 0 Å². The van der Waals surface area contributed by atoms with E-state index in [0.717, 1.165) is 16.1 Å². The number of hydrogen-bond donors (Lipinski definition) is 2. The lowest BCUT2D eigenvalue weighted by atomic mass is 10.1. The third kappa shape index (κ3) is 3.57. The molecule has 0 amide bonds. The Morgan fingerprint density at radius 3 is 2.50 bits per heavy atom. The van der Waals surface area contributed by atoms with E-state index in [4.69, 9.17) is 11.6 Å². The molecule has 0 radical (unpaired) electrons. The number of hydrogen-bond acceptors (Lipinski definition) is 2. The molecule has 0 aliphatic carbocycles. The fourth-order valence-corrected chi connectivity index (χ4v) is 2.07. The summed E-state index contributed by atoms with van der Waals surface area (Å²) in [6.07, 6.45) is 0. The molecule has 2 nitrogen and oxygen atoms in total. The van der Waals surface area contributed by atoms with Crippen LogP contribution in [0, 0.1) is 0 Å². The molecule has 1 atom stereocenters. The van der Waals surface area contributed by atoms with E-state index in [2.05, 4.69) is 5.32 Å². The van der Waals surface area contributed by atoms with Crippen LogP contribution in [0.4, 0.5) is 0 Å². The summed E-state index contributed by atoms with van der Waals surface area (Å²) in [7, 11) is 0. The molecule has 0 aliphatic heterocycles. The second kappa shape index (κ2) is 6.55. The number of halogens is 1. The van der Waals surface area contributed by atoms with Crippen molar-refractivity contribution in [3.63, 3.8) is 0 Å². The first-order valence-electron chi connectivity index (χ1n) is 5.93. The minimum Gasteiger partial charge on any atom is -0.394 e. The van der Waals surface area contributed by atoms with Gasteiger partial charge in [-0.05, 0) is 23.3 Å². The summed E-state index contributed by atoms with van der Waals surface area (Å²) in [5.41, 5.74) is 2.19. The van der Waals surface area contributed by atoms with E-state index in [1.54, 1.807) is 0 Å². The maximum absolute atomic E-state index is 9.42. The smallest absolute Gasteiger partial charge is 0.0626 e. The van der Waals surface area contributed by atoms with Crippen molar-refractivity contribution in [3.8, 4) is 0 Å². The second-order valence-electron chi connectivity index (χ2n) is 4.16. The highest BCUT2D eigenvalue weighted by Gasteiger charge is 2.08. The monoisotopic (exact) mass is 261 g/mol. The van der Waals surface area contributed by atoms with Gasteiger partial charge in [0, 0.05) is 11.6 Å². The fraction of sp³-hybridized carbons (Fsp3) is 0.200. The summed E-state index contributed by atoms with van der Waals surface area (Å²) in [4.78, 5) is 0. The molecule has 0 heterocycles. The van der Waals surface area contributed by atoms with Crippen molar-refractivity contribution in [1.29, 1.82) is 0 Å². The molecule has 0 saturated carbocycles. The zero-order valence-electron chi connectivity index (χ0n) is 10.0. The molecule has 2 N–H and O–H groups in total. The Morgan fingerprint density at radius 1 is 1.06 bits per heavy atom. The second-order valence-corrected chi connectivity index (χ2v) is 4.59. The third-order valence-electron chi connectivity index (χ3n) is 2.83. The highest BCUT2D eigenvalue weighted by atomic mass is 35.5. The number of aliphatic hydroxyl groups is 1. The van der Waals surface area contributed by atoms with Crippen molar-refractivity contribution in [2.75, 3.05) is 6.61 Å². The Hall–Kier alpha value is -1.35. The van der Waals surface area contributed by atoms with E-state index in [1.807, 2.05) is 54.6 Å². The molecule has 1 unspecified atom stereocenters. The van der Waals surface area contributed by atoms with E-state index in [9.17, 15) is 5.11 Å². The SMILES string of the molecule is OCC(NCc1cccc(Cl)c1)c1ccccc1. The van der Waals surface area contributed by atoms with E-state index >= 15 is 0 Å². The van der Waals surface area contributed by atoms with Gasteiger partial charge in [-0.3, -0.25) is 0 Å². The van der Waals surface area contributed by atoms with Crippen molar-refractivity contribution in [1.82, 2.24) is 5.32 Å². The van der Waals surface area contributed by atoms with Crippen LogP contribution in [0.3, 0.4) is 0 Å². The van der Waals surface area contributed by atoms with E-state index in [-0.39, 0.29) is 12.6 Å². The lowest BCUT2D eigenvalue weighted by molar-refractivity contribution is 0.243. The van der Waals surface area contributed by atoms with Gasteiger partial charge in [-0.25, -0.2) is 0 Å². The van der Waals surface area contributed by atoms with Crippen molar-refractivity contribution in [2.45, 2.75) is 12.6 Å². The van der Waals surface area contributed by atoms with Crippen LogP contribution in [0.5, 0.6) is 0 Å². The zero-order valence-corrected chi connectivity index (χ0v) is 10.8. The third-order valence-corrected chi connectivity index (χ3v) is 3.06. The van der Waals surface area contributed by atoms with E-state index in [1.165, 1.54) is 0 Å². The van der Waals surface area contributed by atoms with Gasteiger partial charge in [-0.1, -0.05) is 54.1 Å². The standard InChI is InChI=1S/C15H16ClNO/c16-14-8-4-5-12(9-14)10-17-15(11-18)13-6-2-1-3-7-13/h1-9,15,17-18H,10-11H2. The minimum atomic E-state index is -0.0508. The largest absolute Gasteiger partial charge is 0.394 e. The van der Waals surface area contributed by atoms with E-state index < -0.39 is 0 Å². The van der Waals surface area contributed by atoms with Crippen LogP contribution >= 0.6 is 11.6 Å². The summed E-state index contributed by atoms with van der Waals surface area (Å²) in [5.74, 6) is 0. The lowest BCUT2D eigenvalue weighted by Gasteiger charge is -2.16. The summed E-state index contributed by atoms with van der Waals surface area (Å²) >= 11 is 5.93. The maximum Gasteiger partial charge on any atom is 0.0626 e. The van der Waals surface area contributed by atoms with Crippen LogP contribution in [-0.2, 0) is 6.54 Å². The van der Waals surface area contributed by atoms with Gasteiger partial charge in [0.2, 0.25) is 0 Å². The molecule has 94 valence electrons. The van der Waals surface area contributed by atoms with Crippen LogP contribution in [0.15, 0.2) is 54.6 Å². The van der Waals surface area contributed by atoms with Crippen LogP contribution in [0.25, 0.3) is 0 Å². The van der Waals surface area contributed by atoms with Gasteiger partial charge in [0.05, 0.1) is 12.6 Å². The Kier molecular flexibility index (Phi) is 4.76. The topological polar surface area (TPSA) is 32.3 Å². The first kappa shape index (κ1) is 13.1. The average Bonchev–Trinajstić information content (AvgIpc) is 2.41. The normalized spacial score (nSPS) is 12.3. The molecule has 0 saturated heterocycles. The Bertz CT molecular complexity index is 487. The molecule has 0 spiro atoms. The van der Waals surface area contributed by atoms with Gasteiger partial charge in [0.25, 0.3) is 0 Å². The van der Waals surface area contributed by atoms with Crippen LogP contribution in [0.2, 0.25) is 5.02 Å². The first-order chi connectivity index (χ1) is 8.79. The number of benzene rings is 2. The lowest BCUT2D eigenvalue weighted by Crippen LogP contribution is -2.23. The quantitative estimate of drug-likeness (QED) is 0.867. The average molecular weight is 262 g/mol. The van der Waals surface area contributed by atoms with Gasteiger partial charge >= 0.3 is 0 Å². The zero-order chi connectivity index (χ0) is 12.8. The molecule has 0 aromatic heterocycles. The fourth-order valence-electron chi connectivity index (χ4n) is 1.86. The first-order valence-corrected chi connectivity index (χ1v) is 6.31. The van der Waals surface area contributed by atoms with Gasteiger partial charge < -0.3 is 10.4 Å². The molecule has 0 fully saturated rings. The Balaban J connectivity index is 2.00. The Labute approximate surface area is 112 Å². The summed E-state index contributed by atoms with van der Waals surface area (Å²) in [5, 5.41) is 13.5. The predicted octanol–water partition coefficient (Wildman–Crippen LogP) is 3.16. The number of aliphatic hydroxyl groups excluding tert-OH is 1. The van der Waals surface area contributed by atoms with Crippen molar-refractivity contribution in [2.24, 2.45) is 0 Å². The van der Waals surface area contributed by atoms with Crippen LogP contribution in [0.1, 0.15) is 17.2 Å². The van der Waals surface area contributed by atoms with Crippen LogP contribution in [-0.4, -0.2) is 11.7 Å². The van der Waals surface area contributed by atoms with Crippen LogP contribution < -0.4 is 5.32 Å². The molecule has 2 aromatic carbocycles. The highest BCUT2D eigenvalue weighted by Crippen LogP contribution is 2.14. The van der Waals surface area contributed by atoms with Crippen molar-refractivity contribution in [3.05, 3.63) is 70.7 Å². The number of rotatable bonds is 5. The van der Waals surface area contributed by atoms with Gasteiger partial charge in [-0.15, -0.1) is 0 Å². The number of nitrogens with one attached hydrogen (secondary N) is 1. The highest BCUT2D eigenvalue weighted by molar-refractivity contribution is 6.30. The Morgan fingerprint density at radius 2 is 1.83 bits per heavy atom. The van der Waals surface area contributed by atoms with Crippen molar-refractivity contribution < 1.29 is 5.11 Å². The molecular formula is C15H16ClNO. The minimum absolute atomic E-state index is 0.0508. The molecular weight excluding hydrogens is 246 g/mol. The predicted molar refractivity (Wildman–Crippen MR) is 74.6 cm³/mol. The van der Waals surface area contributed by atoms with E-state index in [0.29, 0.717) is 6.54 Å². The molecule has 2 aromatic rings. The van der Waals surface area contributed by atoms with Gasteiger partial charge in [0.15, 0.2) is 0 Å².